The van der Waals surface area contributed by atoms with Gasteiger partial charge < -0.3 is 148 Å². The summed E-state index contributed by atoms with van der Waals surface area (Å²) in [4.78, 5) is 122. The van der Waals surface area contributed by atoms with Crippen LogP contribution in [0.3, 0.4) is 0 Å². The van der Waals surface area contributed by atoms with Crippen molar-refractivity contribution in [2.75, 3.05) is 65.9 Å². The molecule has 6 aromatic rings. The van der Waals surface area contributed by atoms with Crippen LogP contribution < -0.4 is 93.6 Å². The number of phenolic OH excluding ortho intramolecular Hbond substituents is 1. The highest BCUT2D eigenvalue weighted by atomic mass is 35.5. The van der Waals surface area contributed by atoms with Crippen molar-refractivity contribution in [3.63, 3.8) is 0 Å². The Bertz CT molecular complexity index is 5200. The summed E-state index contributed by atoms with van der Waals surface area (Å²) in [6.07, 6.45) is -15.0. The lowest BCUT2D eigenvalue weighted by molar-refractivity contribution is -0.333. The van der Waals surface area contributed by atoms with Crippen molar-refractivity contribution in [2.24, 2.45) is 41.1 Å². The number of hydrogen-bond donors (Lipinski definition) is 22. The first-order valence-electron chi connectivity index (χ1n) is 43.0. The third-order valence-corrected chi connectivity index (χ3v) is 25.9. The molecule has 22 unspecified atom stereocenters. The number of aliphatic hydroxyl groups is 8. The van der Waals surface area contributed by atoms with Crippen LogP contribution in [0.25, 0.3) is 11.1 Å². The van der Waals surface area contributed by atoms with E-state index >= 15 is 14.4 Å². The molecule has 696 valence electrons. The Labute approximate surface area is 752 Å². The predicted octanol–water partition coefficient (Wildman–Crippen LogP) is 2.57. The number of imide groups is 1. The molecule has 5 aliphatic carbocycles. The van der Waals surface area contributed by atoms with Gasteiger partial charge in [-0.05, 0) is 202 Å². The number of benzene rings is 6. The third-order valence-electron chi connectivity index (χ3n) is 25.3. The van der Waals surface area contributed by atoms with Gasteiger partial charge in [0.1, 0.15) is 90.5 Å². The van der Waals surface area contributed by atoms with Gasteiger partial charge in [0, 0.05) is 54.8 Å². The van der Waals surface area contributed by atoms with Crippen LogP contribution in [0.4, 0.5) is 10.5 Å². The summed E-state index contributed by atoms with van der Waals surface area (Å²) in [5, 5.41) is 137. The first kappa shape index (κ1) is 94.9. The molecule has 22 atom stereocenters. The fourth-order valence-corrected chi connectivity index (χ4v) is 19.3. The Balaban J connectivity index is 0.949. The fraction of sp³-hybridized carbons (Fsp3) is 0.506. The maximum atomic E-state index is 16.5. The molecule has 6 fully saturated rings. The molecule has 2 saturated heterocycles. The lowest BCUT2D eigenvalue weighted by atomic mass is 9.79. The topological polar surface area (TPSA) is 577 Å². The average molecular weight is 1830 g/mol. The van der Waals surface area contributed by atoms with Gasteiger partial charge in [-0.1, -0.05) is 61.3 Å². The number of hydrogen-bond acceptors (Lipinski definition) is 30. The van der Waals surface area contributed by atoms with Gasteiger partial charge in [-0.3, -0.25) is 38.9 Å². The zero-order valence-corrected chi connectivity index (χ0v) is 73.3. The second kappa shape index (κ2) is 39.9. The molecule has 11 aliphatic rings. The number of carbonyl (C=O) groups excluding carboxylic acids is 8. The smallest absolute Gasteiger partial charge is 0.325 e. The number of phenols is 1. The summed E-state index contributed by atoms with van der Waals surface area (Å²) in [6.45, 7) is 6.77. The Morgan fingerprint density at radius 3 is 2.05 bits per heavy atom. The standard InChI is InChI=1S/C89H111Cl2N13O25/c1-38(2)20-57(96-7)82(115)104-74-75(110)43-10-14-62(55(91)27-43)126-65-29-46-28-64(78(65)129-86-79(77(112)76(111)66(37-105)127-86)128-69-35-88(4,93)80(113)39(3)124-69)125-61-13-9-41(26-54(61)90)60(107)34-68(109)98-59(36-97-71-45-22-40-21-44(24-45)49(71)23-40)51-30-47(106)31-53-70(51)50-25-42(8-12-52(50)89(53,120)121)72(81(92)114)102-84(117)73(46)103-83(116)58(99-85(74)118)33-67(108)101-87(119)100-56-32-48(122-18-16-94-5)11-15-63(56)123-19-17-95-6/h8-15,25-32,38-40,44-45,49,57-60,66,69,71-77,79-80,86,94-97,105-107,110-113,120-121H,16-24,33-37,93H2,1-7H3,(H2,92,114)(H,98,109)(H,99,118)(H,102,117)(H,103,116)(H,104,115)(H2,100,101,108,119). The summed E-state index contributed by atoms with van der Waals surface area (Å²) >= 11 is 14.5. The largest absolute Gasteiger partial charge is 0.508 e. The van der Waals surface area contributed by atoms with Gasteiger partial charge in [0.2, 0.25) is 59.2 Å². The molecular weight excluding hydrogens is 1720 g/mol. The minimum Gasteiger partial charge on any atom is -0.508 e. The van der Waals surface area contributed by atoms with E-state index in [1.54, 1.807) is 20.2 Å². The summed E-state index contributed by atoms with van der Waals surface area (Å²) < 4.78 is 51.1. The number of rotatable bonds is 25. The molecular formula is C89H111Cl2N13O25. The Morgan fingerprint density at radius 2 is 1.40 bits per heavy atom. The number of urea groups is 1. The molecule has 0 aromatic heterocycles. The SMILES string of the molecule is CNCCOc1ccc(OCCNC)c(NC(=O)NC(=O)CC2NC(=O)C(NC(=O)C(CC(C)C)NC)C(O)c3ccc(c(Cl)c3)Oc3cc4cc(c3OC3OC(CO)C(O)C(O)C3OC3CC(C)(N)C(O)C(C)O3)Oc3ccc(cc3Cl)C(O)CC(=O)NC(CNC3C5CC6CC(C5)C3C6)c3cc(O)cc5c3-c3cc(ccc3C5(O)O)C(C(N)=O)NC(=O)C4NC2=O)c1. The van der Waals surface area contributed by atoms with Crippen LogP contribution in [-0.4, -0.2) is 233 Å². The molecule has 6 aromatic carbocycles. The quantitative estimate of drug-likeness (QED) is 0.0289. The predicted molar refractivity (Wildman–Crippen MR) is 463 cm³/mol. The Morgan fingerprint density at radius 1 is 0.713 bits per heavy atom. The van der Waals surface area contributed by atoms with Crippen molar-refractivity contribution in [1.82, 2.24) is 53.2 Å². The Hall–Kier alpha value is -10.2. The number of aliphatic hydroxyl groups excluding tert-OH is 6. The number of nitrogens with one attached hydrogen (secondary N) is 11. The van der Waals surface area contributed by atoms with Crippen molar-refractivity contribution in [2.45, 2.75) is 194 Å². The molecule has 24 N–H and O–H groups in total. The van der Waals surface area contributed by atoms with E-state index in [9.17, 15) is 69.9 Å². The van der Waals surface area contributed by atoms with E-state index < -0.39 is 204 Å². The molecule has 17 rings (SSSR count). The molecule has 4 saturated carbocycles. The van der Waals surface area contributed by atoms with Crippen molar-refractivity contribution in [3.05, 3.63) is 146 Å². The third kappa shape index (κ3) is 20.8. The molecule has 40 heteroatoms. The molecule has 0 spiro atoms. The number of aromatic hydroxyl groups is 1. The van der Waals surface area contributed by atoms with Crippen molar-refractivity contribution in [3.8, 4) is 57.1 Å². The van der Waals surface area contributed by atoms with Crippen LogP contribution in [0.15, 0.2) is 97.1 Å². The van der Waals surface area contributed by atoms with Crippen molar-refractivity contribution >= 4 is 76.3 Å². The van der Waals surface area contributed by atoms with Crippen LogP contribution in [-0.2, 0) is 53.6 Å². The maximum Gasteiger partial charge on any atom is 0.325 e. The summed E-state index contributed by atoms with van der Waals surface area (Å²) in [6, 6.07) is 8.04. The lowest BCUT2D eigenvalue weighted by Crippen LogP contribution is -2.64. The van der Waals surface area contributed by atoms with Gasteiger partial charge in [-0.25, -0.2) is 4.79 Å². The second-order valence-electron chi connectivity index (χ2n) is 35.0. The highest BCUT2D eigenvalue weighted by Crippen LogP contribution is 2.59. The van der Waals surface area contributed by atoms with Crippen molar-refractivity contribution in [1.29, 1.82) is 0 Å². The summed E-state index contributed by atoms with van der Waals surface area (Å²) in [5.41, 5.74) is 10.5. The van der Waals surface area contributed by atoms with Gasteiger partial charge in [-0.15, -0.1) is 0 Å². The van der Waals surface area contributed by atoms with Crippen LogP contribution in [0.1, 0.15) is 148 Å². The van der Waals surface area contributed by atoms with E-state index in [2.05, 4.69) is 58.5 Å². The number of ether oxygens (including phenoxy) is 8. The van der Waals surface area contributed by atoms with Gasteiger partial charge in [0.05, 0.1) is 65.6 Å². The first-order chi connectivity index (χ1) is 61.4. The van der Waals surface area contributed by atoms with Crippen LogP contribution in [0, 0.1) is 29.6 Å². The summed E-state index contributed by atoms with van der Waals surface area (Å²) in [7, 11) is 4.89. The molecule has 6 aliphatic heterocycles. The number of carbonyl (C=O) groups is 8. The van der Waals surface area contributed by atoms with E-state index in [1.165, 1.54) is 87.6 Å². The molecule has 0 radical (unpaired) electrons. The minimum absolute atomic E-state index is 0.000327. The number of primary amides is 1. The minimum atomic E-state index is -2.91. The van der Waals surface area contributed by atoms with Gasteiger partial charge >= 0.3 is 6.03 Å². The van der Waals surface area contributed by atoms with E-state index in [1.807, 2.05) is 13.8 Å². The Kier molecular flexibility index (Phi) is 29.3. The lowest BCUT2D eigenvalue weighted by Gasteiger charge is -2.47. The number of anilines is 1. The number of fused-ring (bicyclic) bond motifs is 16. The van der Waals surface area contributed by atoms with E-state index in [0.717, 1.165) is 49.9 Å². The van der Waals surface area contributed by atoms with Gasteiger partial charge in [-0.2, -0.15) is 0 Å². The number of likely N-dealkylation sites (N-methyl/N-ethyl adjacent to an activating group) is 3. The van der Waals surface area contributed by atoms with E-state index in [-0.39, 0.29) is 128 Å². The summed E-state index contributed by atoms with van der Waals surface area (Å²) in [5.74, 6) is -12.4. The fourth-order valence-electron chi connectivity index (χ4n) is 18.9. The highest BCUT2D eigenvalue weighted by molar-refractivity contribution is 6.32. The molecule has 9 amide bonds. The van der Waals surface area contributed by atoms with Crippen LogP contribution in [0.2, 0.25) is 10.0 Å². The molecule has 129 heavy (non-hydrogen) atoms. The van der Waals surface area contributed by atoms with Crippen LogP contribution >= 0.6 is 23.2 Å². The van der Waals surface area contributed by atoms with Crippen molar-refractivity contribution < 1.29 is 122 Å². The monoisotopic (exact) mass is 1830 g/mol. The number of halogens is 2. The van der Waals surface area contributed by atoms with E-state index in [0.29, 0.717) is 36.8 Å². The highest BCUT2D eigenvalue weighted by Gasteiger charge is 2.55. The van der Waals surface area contributed by atoms with Gasteiger partial charge in [0.15, 0.2) is 23.9 Å². The van der Waals surface area contributed by atoms with E-state index in [4.69, 9.17) is 72.6 Å². The van der Waals surface area contributed by atoms with Gasteiger partial charge in [0.25, 0.3) is 0 Å². The van der Waals surface area contributed by atoms with Crippen LogP contribution in [0.5, 0.6) is 46.0 Å². The normalized spacial score (nSPS) is 29.4. The zero-order valence-electron chi connectivity index (χ0n) is 71.8. The molecule has 38 nitrogen and oxygen atoms in total. The zero-order chi connectivity index (χ0) is 92.5. The second-order valence-corrected chi connectivity index (χ2v) is 35.8. The molecule has 13 bridgehead atoms. The molecule has 6 heterocycles. The first-order valence-corrected chi connectivity index (χ1v) is 43.7. The number of nitrogens with two attached hydrogens (primary N) is 2. The maximum absolute atomic E-state index is 16.5. The average Bonchev–Trinajstić information content (AvgIpc) is 1.56. The number of amides is 9.